The highest BCUT2D eigenvalue weighted by molar-refractivity contribution is 5.67. The molecule has 0 amide bonds. The van der Waals surface area contributed by atoms with Gasteiger partial charge in [-0.1, -0.05) is 0 Å². The van der Waals surface area contributed by atoms with Gasteiger partial charge in [0.05, 0.1) is 26.4 Å². The second-order valence-electron chi connectivity index (χ2n) is 2.16. The summed E-state index contributed by atoms with van der Waals surface area (Å²) in [5.74, 6) is -2.38. The predicted molar refractivity (Wildman–Crippen MR) is 65.7 cm³/mol. The topological polar surface area (TPSA) is 165 Å². The number of rotatable bonds is 6. The molecule has 9 nitrogen and oxygen atoms in total. The summed E-state index contributed by atoms with van der Waals surface area (Å²) in [7, 11) is 0. The van der Waals surface area contributed by atoms with Crippen LogP contribution in [0.15, 0.2) is 13.2 Å². The van der Waals surface area contributed by atoms with Crippen molar-refractivity contribution < 1.29 is 45.0 Å². The molecule has 0 saturated heterocycles. The minimum absolute atomic E-state index is 0.0278. The van der Waals surface area contributed by atoms with E-state index in [1.54, 1.807) is 0 Å². The molecule has 0 bridgehead atoms. The molecule has 0 aromatic carbocycles. The summed E-state index contributed by atoms with van der Waals surface area (Å²) < 4.78 is 4.63. The van der Waals surface area contributed by atoms with Crippen LogP contribution in [0.2, 0.25) is 0 Å². The van der Waals surface area contributed by atoms with E-state index < -0.39 is 25.2 Å². The van der Waals surface area contributed by atoms with Crippen LogP contribution in [0.5, 0.6) is 0 Å². The zero-order valence-corrected chi connectivity index (χ0v) is 10.6. The highest BCUT2D eigenvalue weighted by atomic mass is 16.5. The molecule has 0 spiro atoms. The van der Waals surface area contributed by atoms with Crippen molar-refractivity contribution in [1.29, 1.82) is 0 Å². The minimum atomic E-state index is -1.19. The molecule has 19 heavy (non-hydrogen) atoms. The maximum atomic E-state index is 9.12. The Morgan fingerprint density at radius 2 is 1.00 bits per heavy atom. The lowest BCUT2D eigenvalue weighted by atomic mass is 10.7. The van der Waals surface area contributed by atoms with Crippen LogP contribution in [-0.2, 0) is 14.3 Å². The Balaban J connectivity index is -0.0000000848. The summed E-state index contributed by atoms with van der Waals surface area (Å²) >= 11 is 0. The third-order valence-corrected chi connectivity index (χ3v) is 0.742. The molecule has 0 radical (unpaired) electrons. The fourth-order valence-electron chi connectivity index (χ4n) is 0.231. The SMILES string of the molecule is C=C.O=C(O)CO.O=C(O)CO.OCCOCCO. The maximum absolute atomic E-state index is 9.12. The van der Waals surface area contributed by atoms with Gasteiger partial charge < -0.3 is 35.4 Å². The van der Waals surface area contributed by atoms with Gasteiger partial charge in [-0.15, -0.1) is 13.2 Å². The summed E-state index contributed by atoms with van der Waals surface area (Å²) in [6.07, 6.45) is 0. The van der Waals surface area contributed by atoms with Gasteiger partial charge in [0.1, 0.15) is 13.2 Å². The lowest BCUT2D eigenvalue weighted by Crippen LogP contribution is -2.03. The van der Waals surface area contributed by atoms with E-state index in [4.69, 9.17) is 40.2 Å². The average Bonchev–Trinajstić information content (AvgIpc) is 2.43. The molecule has 0 saturated carbocycles. The molecule has 0 unspecified atom stereocenters. The first-order valence-corrected chi connectivity index (χ1v) is 4.90. The number of aliphatic hydroxyl groups excluding tert-OH is 4. The number of aliphatic hydroxyl groups is 4. The Hall–Kier alpha value is -1.52. The number of aliphatic carboxylic acids is 2. The average molecular weight is 286 g/mol. The van der Waals surface area contributed by atoms with E-state index in [2.05, 4.69) is 17.9 Å². The van der Waals surface area contributed by atoms with Gasteiger partial charge in [0.15, 0.2) is 0 Å². The van der Waals surface area contributed by atoms with Crippen molar-refractivity contribution in [3.63, 3.8) is 0 Å². The Bertz CT molecular complexity index is 166. The minimum Gasteiger partial charge on any atom is -0.480 e. The molecule has 0 heterocycles. The Morgan fingerprint density at radius 1 is 0.789 bits per heavy atom. The van der Waals surface area contributed by atoms with Crippen LogP contribution >= 0.6 is 0 Å². The molecule has 0 aromatic rings. The van der Waals surface area contributed by atoms with Crippen LogP contribution < -0.4 is 0 Å². The third kappa shape index (κ3) is 82.3. The van der Waals surface area contributed by atoms with Gasteiger partial charge in [0, 0.05) is 0 Å². The lowest BCUT2D eigenvalue weighted by Gasteiger charge is -1.94. The van der Waals surface area contributed by atoms with Crippen LogP contribution in [0.1, 0.15) is 0 Å². The highest BCUT2D eigenvalue weighted by Gasteiger charge is 1.83. The number of carboxylic acid groups (broad SMARTS) is 2. The van der Waals surface area contributed by atoms with E-state index >= 15 is 0 Å². The molecule has 6 N–H and O–H groups in total. The van der Waals surface area contributed by atoms with Crippen molar-refractivity contribution in [3.8, 4) is 0 Å². The molecule has 0 fully saturated rings. The molecular weight excluding hydrogens is 264 g/mol. The first kappa shape index (κ1) is 26.1. The van der Waals surface area contributed by atoms with Gasteiger partial charge in [-0.2, -0.15) is 0 Å². The molecule has 0 aliphatic carbocycles. The molecule has 0 rings (SSSR count). The first-order valence-electron chi connectivity index (χ1n) is 4.90. The number of hydrogen-bond donors (Lipinski definition) is 6. The smallest absolute Gasteiger partial charge is 0.329 e. The van der Waals surface area contributed by atoms with Crippen molar-refractivity contribution in [1.82, 2.24) is 0 Å². The van der Waals surface area contributed by atoms with Crippen LogP contribution in [0.25, 0.3) is 0 Å². The van der Waals surface area contributed by atoms with Crippen molar-refractivity contribution in [3.05, 3.63) is 13.2 Å². The van der Waals surface area contributed by atoms with Gasteiger partial charge >= 0.3 is 11.9 Å². The fourth-order valence-corrected chi connectivity index (χ4v) is 0.231. The number of ether oxygens (including phenoxy) is 1. The quantitative estimate of drug-likeness (QED) is 0.237. The normalized spacial score (nSPS) is 7.58. The molecule has 116 valence electrons. The monoisotopic (exact) mass is 286 g/mol. The van der Waals surface area contributed by atoms with Crippen molar-refractivity contribution in [2.75, 3.05) is 39.6 Å². The fraction of sp³-hybridized carbons (Fsp3) is 0.600. The summed E-state index contributed by atoms with van der Waals surface area (Å²) in [6, 6.07) is 0. The van der Waals surface area contributed by atoms with Crippen molar-refractivity contribution in [2.24, 2.45) is 0 Å². The molecule has 0 aliphatic heterocycles. The summed E-state index contributed by atoms with van der Waals surface area (Å²) in [5.41, 5.74) is 0. The largest absolute Gasteiger partial charge is 0.480 e. The van der Waals surface area contributed by atoms with Gasteiger partial charge in [-0.05, 0) is 0 Å². The van der Waals surface area contributed by atoms with Crippen LogP contribution in [-0.4, -0.2) is 82.2 Å². The van der Waals surface area contributed by atoms with E-state index in [-0.39, 0.29) is 13.2 Å². The van der Waals surface area contributed by atoms with Crippen LogP contribution in [0.4, 0.5) is 0 Å². The number of carboxylic acids is 2. The van der Waals surface area contributed by atoms with Gasteiger partial charge in [-0.25, -0.2) is 9.59 Å². The van der Waals surface area contributed by atoms with E-state index in [1.165, 1.54) is 0 Å². The zero-order chi connectivity index (χ0) is 16.1. The molecular formula is C10H22O9. The summed E-state index contributed by atoms with van der Waals surface area (Å²) in [5, 5.41) is 46.2. The van der Waals surface area contributed by atoms with E-state index in [0.29, 0.717) is 13.2 Å². The standard InChI is InChI=1S/C4H10O3.2C2H4O3.C2H4/c5-1-3-7-4-2-6;2*3-1-2(4)5;1-2/h5-6H,1-4H2;2*3H,1H2,(H,4,5);1-2H2. The summed E-state index contributed by atoms with van der Waals surface area (Å²) in [4.78, 5) is 18.2. The second-order valence-corrected chi connectivity index (χ2v) is 2.16. The molecule has 9 heteroatoms. The van der Waals surface area contributed by atoms with E-state index in [9.17, 15) is 0 Å². The predicted octanol–water partition coefficient (Wildman–Crippen LogP) is -2.08. The highest BCUT2D eigenvalue weighted by Crippen LogP contribution is 1.68. The van der Waals surface area contributed by atoms with Crippen molar-refractivity contribution in [2.45, 2.75) is 0 Å². The van der Waals surface area contributed by atoms with Gasteiger partial charge in [-0.3, -0.25) is 0 Å². The van der Waals surface area contributed by atoms with Gasteiger partial charge in [0.25, 0.3) is 0 Å². The third-order valence-electron chi connectivity index (χ3n) is 0.742. The van der Waals surface area contributed by atoms with E-state index in [1.807, 2.05) is 0 Å². The molecule has 0 atom stereocenters. The maximum Gasteiger partial charge on any atom is 0.329 e. The first-order chi connectivity index (χ1) is 8.95. The Kier molecular flexibility index (Phi) is 41.2. The van der Waals surface area contributed by atoms with Crippen molar-refractivity contribution >= 4 is 11.9 Å². The van der Waals surface area contributed by atoms with E-state index in [0.717, 1.165) is 0 Å². The van der Waals surface area contributed by atoms with Crippen LogP contribution in [0.3, 0.4) is 0 Å². The molecule has 0 aromatic heterocycles. The Labute approximate surface area is 111 Å². The second kappa shape index (κ2) is 30.0. The van der Waals surface area contributed by atoms with Gasteiger partial charge in [0.2, 0.25) is 0 Å². The Morgan fingerprint density at radius 3 is 1.11 bits per heavy atom. The zero-order valence-electron chi connectivity index (χ0n) is 10.6. The number of carbonyl (C=O) groups is 2. The lowest BCUT2D eigenvalue weighted by molar-refractivity contribution is -0.141. The van der Waals surface area contributed by atoms with Crippen LogP contribution in [0, 0.1) is 0 Å². The molecule has 0 aliphatic rings. The summed E-state index contributed by atoms with van der Waals surface area (Å²) in [6.45, 7) is 5.14. The number of hydrogen-bond acceptors (Lipinski definition) is 7.